The average molecular weight is 295 g/mol. The fraction of sp³-hybridized carbons (Fsp3) is 0.643. The molecule has 7 heteroatoms. The molecule has 1 aliphatic heterocycles. The van der Waals surface area contributed by atoms with E-state index in [1.54, 1.807) is 6.07 Å². The van der Waals surface area contributed by atoms with Gasteiger partial charge in [-0.25, -0.2) is 9.78 Å². The van der Waals surface area contributed by atoms with Gasteiger partial charge in [0, 0.05) is 18.3 Å². The zero-order chi connectivity index (χ0) is 15.4. The minimum Gasteiger partial charge on any atom is -0.479 e. The van der Waals surface area contributed by atoms with Crippen LogP contribution in [0.4, 0.5) is 5.95 Å². The highest BCUT2D eigenvalue weighted by atomic mass is 16.5. The number of ether oxygens (including phenoxy) is 2. The minimum absolute atomic E-state index is 0.0432. The fourth-order valence-corrected chi connectivity index (χ4v) is 2.16. The summed E-state index contributed by atoms with van der Waals surface area (Å²) >= 11 is 0. The van der Waals surface area contributed by atoms with Gasteiger partial charge in [0.1, 0.15) is 0 Å². The van der Waals surface area contributed by atoms with Crippen LogP contribution in [0.2, 0.25) is 0 Å². The summed E-state index contributed by atoms with van der Waals surface area (Å²) in [6.07, 6.45) is 0.463. The normalized spacial score (nSPS) is 21.5. The van der Waals surface area contributed by atoms with E-state index in [2.05, 4.69) is 15.3 Å². The number of carboxylic acids is 1. The number of aromatic nitrogens is 2. The Hall–Kier alpha value is -1.89. The van der Waals surface area contributed by atoms with Crippen molar-refractivity contribution in [2.24, 2.45) is 0 Å². The topological polar surface area (TPSA) is 93.6 Å². The van der Waals surface area contributed by atoms with Crippen molar-refractivity contribution in [2.45, 2.75) is 51.9 Å². The zero-order valence-corrected chi connectivity index (χ0v) is 12.5. The predicted molar refractivity (Wildman–Crippen MR) is 76.6 cm³/mol. The third kappa shape index (κ3) is 4.56. The summed E-state index contributed by atoms with van der Waals surface area (Å²) in [6.45, 7) is 6.22. The van der Waals surface area contributed by atoms with Crippen molar-refractivity contribution in [2.75, 3.05) is 11.9 Å². The highest BCUT2D eigenvalue weighted by Gasteiger charge is 2.30. The lowest BCUT2D eigenvalue weighted by molar-refractivity contribution is -0.149. The molecule has 0 aromatic carbocycles. The number of aryl methyl sites for hydroxylation is 1. The van der Waals surface area contributed by atoms with Crippen LogP contribution in [0, 0.1) is 6.92 Å². The number of rotatable bonds is 6. The number of carboxylic acid groups (broad SMARTS) is 1. The maximum Gasteiger partial charge on any atom is 0.332 e. The Morgan fingerprint density at radius 1 is 1.52 bits per heavy atom. The largest absolute Gasteiger partial charge is 0.479 e. The van der Waals surface area contributed by atoms with Crippen molar-refractivity contribution in [3.05, 3.63) is 11.8 Å². The molecule has 1 aliphatic rings. The Balaban J connectivity index is 1.91. The van der Waals surface area contributed by atoms with Crippen LogP contribution in [0.5, 0.6) is 5.88 Å². The fourth-order valence-electron chi connectivity index (χ4n) is 2.16. The Bertz CT molecular complexity index is 507. The number of nitrogens with one attached hydrogen (secondary N) is 1. The molecule has 1 fully saturated rings. The molecule has 0 bridgehead atoms. The van der Waals surface area contributed by atoms with Crippen molar-refractivity contribution in [3.63, 3.8) is 0 Å². The SMILES string of the molecule is Cc1cc(OC(C)C)nc(NCC2CCC(C(=O)O)O2)n1. The second kappa shape index (κ2) is 6.71. The van der Waals surface area contributed by atoms with E-state index in [1.165, 1.54) is 0 Å². The third-order valence-electron chi connectivity index (χ3n) is 3.06. The van der Waals surface area contributed by atoms with E-state index in [0.717, 1.165) is 5.69 Å². The zero-order valence-electron chi connectivity index (χ0n) is 12.5. The number of hydrogen-bond acceptors (Lipinski definition) is 6. The molecule has 1 aromatic rings. The third-order valence-corrected chi connectivity index (χ3v) is 3.06. The van der Waals surface area contributed by atoms with E-state index in [9.17, 15) is 4.79 Å². The maximum atomic E-state index is 10.8. The summed E-state index contributed by atoms with van der Waals surface area (Å²) in [7, 11) is 0. The summed E-state index contributed by atoms with van der Waals surface area (Å²) < 4.78 is 11.0. The van der Waals surface area contributed by atoms with Crippen LogP contribution in [0.25, 0.3) is 0 Å². The molecule has 2 rings (SSSR count). The molecule has 2 atom stereocenters. The van der Waals surface area contributed by atoms with Gasteiger partial charge in [-0.3, -0.25) is 0 Å². The van der Waals surface area contributed by atoms with Crippen molar-refractivity contribution < 1.29 is 19.4 Å². The second-order valence-electron chi connectivity index (χ2n) is 5.38. The van der Waals surface area contributed by atoms with Gasteiger partial charge in [-0.05, 0) is 33.6 Å². The van der Waals surface area contributed by atoms with Crippen LogP contribution in [-0.4, -0.2) is 45.9 Å². The maximum absolute atomic E-state index is 10.8. The summed E-state index contributed by atoms with van der Waals surface area (Å²) in [4.78, 5) is 19.4. The molecule has 0 amide bonds. The number of aliphatic carboxylic acids is 1. The molecule has 2 N–H and O–H groups in total. The van der Waals surface area contributed by atoms with Gasteiger partial charge in [0.05, 0.1) is 12.2 Å². The molecule has 0 spiro atoms. The van der Waals surface area contributed by atoms with E-state index in [1.807, 2.05) is 20.8 Å². The van der Waals surface area contributed by atoms with Gasteiger partial charge < -0.3 is 19.9 Å². The molecule has 1 aromatic heterocycles. The highest BCUT2D eigenvalue weighted by molar-refractivity contribution is 5.72. The monoisotopic (exact) mass is 295 g/mol. The molecule has 2 heterocycles. The van der Waals surface area contributed by atoms with Crippen LogP contribution in [0.15, 0.2) is 6.07 Å². The van der Waals surface area contributed by atoms with Crippen molar-refractivity contribution in [1.29, 1.82) is 0 Å². The lowest BCUT2D eigenvalue weighted by atomic mass is 10.2. The molecular weight excluding hydrogens is 274 g/mol. The number of anilines is 1. The molecule has 0 aliphatic carbocycles. The van der Waals surface area contributed by atoms with Gasteiger partial charge in [0.2, 0.25) is 11.8 Å². The van der Waals surface area contributed by atoms with Crippen molar-refractivity contribution in [1.82, 2.24) is 9.97 Å². The lowest BCUT2D eigenvalue weighted by Gasteiger charge is -2.14. The first kappa shape index (κ1) is 15.5. The quantitative estimate of drug-likeness (QED) is 0.823. The van der Waals surface area contributed by atoms with Gasteiger partial charge in [-0.15, -0.1) is 0 Å². The van der Waals surface area contributed by atoms with Crippen LogP contribution in [0.3, 0.4) is 0 Å². The van der Waals surface area contributed by atoms with E-state index >= 15 is 0 Å². The van der Waals surface area contributed by atoms with E-state index in [-0.39, 0.29) is 12.2 Å². The van der Waals surface area contributed by atoms with E-state index in [4.69, 9.17) is 14.6 Å². The standard InChI is InChI=1S/C14H21N3O4/c1-8(2)20-12-6-9(3)16-14(17-12)15-7-10-4-5-11(21-10)13(18)19/h6,8,10-11H,4-5,7H2,1-3H3,(H,18,19)(H,15,16,17). The number of hydrogen-bond donors (Lipinski definition) is 2. The van der Waals surface area contributed by atoms with Crippen molar-refractivity contribution in [3.8, 4) is 5.88 Å². The molecule has 7 nitrogen and oxygen atoms in total. The molecule has 116 valence electrons. The summed E-state index contributed by atoms with van der Waals surface area (Å²) in [5, 5.41) is 12.0. The first-order valence-corrected chi connectivity index (χ1v) is 7.08. The Morgan fingerprint density at radius 3 is 2.90 bits per heavy atom. The Morgan fingerprint density at radius 2 is 2.29 bits per heavy atom. The average Bonchev–Trinajstić information content (AvgIpc) is 2.83. The number of nitrogens with zero attached hydrogens (tertiary/aromatic N) is 2. The van der Waals surface area contributed by atoms with Crippen LogP contribution < -0.4 is 10.1 Å². The van der Waals surface area contributed by atoms with E-state index in [0.29, 0.717) is 31.2 Å². The molecule has 1 saturated heterocycles. The molecule has 21 heavy (non-hydrogen) atoms. The molecular formula is C14H21N3O4. The van der Waals surface area contributed by atoms with Crippen molar-refractivity contribution >= 4 is 11.9 Å². The van der Waals surface area contributed by atoms with Crippen LogP contribution in [0.1, 0.15) is 32.4 Å². The lowest BCUT2D eigenvalue weighted by Crippen LogP contribution is -2.25. The molecule has 0 radical (unpaired) electrons. The highest BCUT2D eigenvalue weighted by Crippen LogP contribution is 2.20. The van der Waals surface area contributed by atoms with Crippen LogP contribution in [-0.2, 0) is 9.53 Å². The Labute approximate surface area is 123 Å². The first-order chi connectivity index (χ1) is 9.94. The van der Waals surface area contributed by atoms with Gasteiger partial charge in [-0.1, -0.05) is 0 Å². The summed E-state index contributed by atoms with van der Waals surface area (Å²) in [5.74, 6) is 0.0840. The predicted octanol–water partition coefficient (Wildman–Crippen LogP) is 1.62. The second-order valence-corrected chi connectivity index (χ2v) is 5.38. The van der Waals surface area contributed by atoms with Gasteiger partial charge in [-0.2, -0.15) is 4.98 Å². The van der Waals surface area contributed by atoms with Crippen LogP contribution >= 0.6 is 0 Å². The Kier molecular flexibility index (Phi) is 4.95. The van der Waals surface area contributed by atoms with Gasteiger partial charge >= 0.3 is 5.97 Å². The summed E-state index contributed by atoms with van der Waals surface area (Å²) in [6, 6.07) is 1.78. The molecule has 2 unspecified atom stereocenters. The van der Waals surface area contributed by atoms with Gasteiger partial charge in [0.15, 0.2) is 6.10 Å². The summed E-state index contributed by atoms with van der Waals surface area (Å²) in [5.41, 5.74) is 0.805. The number of carbonyl (C=O) groups is 1. The smallest absolute Gasteiger partial charge is 0.332 e. The molecule has 0 saturated carbocycles. The van der Waals surface area contributed by atoms with E-state index < -0.39 is 12.1 Å². The minimum atomic E-state index is -0.906. The first-order valence-electron chi connectivity index (χ1n) is 7.08. The van der Waals surface area contributed by atoms with Gasteiger partial charge in [0.25, 0.3) is 0 Å².